The largest absolute Gasteiger partial charge is 0.493 e. The molecule has 0 atom stereocenters. The first-order valence-electron chi connectivity index (χ1n) is 4.13. The van der Waals surface area contributed by atoms with E-state index < -0.39 is 0 Å². The molecule has 5 nitrogen and oxygen atoms in total. The van der Waals surface area contributed by atoms with Crippen LogP contribution in [0, 0.1) is 6.92 Å². The summed E-state index contributed by atoms with van der Waals surface area (Å²) in [4.78, 5) is 8.27. The Balaban J connectivity index is 2.75. The molecule has 0 bridgehead atoms. The first-order chi connectivity index (χ1) is 6.20. The Morgan fingerprint density at radius 3 is 2.92 bits per heavy atom. The zero-order valence-electron chi connectivity index (χ0n) is 7.52. The molecule has 0 unspecified atom stereocenters. The lowest BCUT2D eigenvalue weighted by Crippen LogP contribution is -1.95. The van der Waals surface area contributed by atoms with E-state index in [9.17, 15) is 5.11 Å². The average molecular weight is 178 g/mol. The molecular weight excluding hydrogens is 168 g/mol. The van der Waals surface area contributed by atoms with E-state index in [1.165, 1.54) is 4.52 Å². The van der Waals surface area contributed by atoms with Crippen LogP contribution in [0.15, 0.2) is 6.07 Å². The van der Waals surface area contributed by atoms with Gasteiger partial charge >= 0.3 is 0 Å². The minimum atomic E-state index is 0.0856. The molecule has 0 fully saturated rings. The first-order valence-corrected chi connectivity index (χ1v) is 4.13. The third-order valence-electron chi connectivity index (χ3n) is 1.81. The smallest absolute Gasteiger partial charge is 0.255 e. The van der Waals surface area contributed by atoms with Crippen LogP contribution >= 0.6 is 0 Å². The van der Waals surface area contributed by atoms with E-state index in [-0.39, 0.29) is 5.88 Å². The minimum Gasteiger partial charge on any atom is -0.493 e. The van der Waals surface area contributed by atoms with Crippen LogP contribution in [0.25, 0.3) is 5.78 Å². The summed E-state index contributed by atoms with van der Waals surface area (Å²) in [7, 11) is 0. The van der Waals surface area contributed by atoms with Crippen molar-refractivity contribution in [3.63, 3.8) is 0 Å². The van der Waals surface area contributed by atoms with Gasteiger partial charge in [-0.2, -0.15) is 9.50 Å². The second kappa shape index (κ2) is 2.69. The number of aromatic nitrogens is 4. The number of rotatable bonds is 1. The standard InChI is InChI=1S/C8H10N4O/c1-3-6-4-7(13)12-8(10-6)9-5(2)11-12/h4,13H,3H2,1-2H3. The van der Waals surface area contributed by atoms with Gasteiger partial charge in [-0.25, -0.2) is 4.98 Å². The average Bonchev–Trinajstić information content (AvgIpc) is 2.46. The van der Waals surface area contributed by atoms with Crippen LogP contribution in [-0.4, -0.2) is 24.7 Å². The molecule has 2 rings (SSSR count). The van der Waals surface area contributed by atoms with Gasteiger partial charge in [0.1, 0.15) is 5.82 Å². The molecular formula is C8H10N4O. The molecule has 13 heavy (non-hydrogen) atoms. The van der Waals surface area contributed by atoms with Gasteiger partial charge in [0.15, 0.2) is 0 Å². The monoisotopic (exact) mass is 178 g/mol. The highest BCUT2D eigenvalue weighted by atomic mass is 16.3. The van der Waals surface area contributed by atoms with Crippen LogP contribution in [0.3, 0.4) is 0 Å². The van der Waals surface area contributed by atoms with Gasteiger partial charge in [0, 0.05) is 11.8 Å². The highest BCUT2D eigenvalue weighted by Gasteiger charge is 2.06. The predicted molar refractivity (Wildman–Crippen MR) is 46.6 cm³/mol. The van der Waals surface area contributed by atoms with Crippen molar-refractivity contribution in [2.24, 2.45) is 0 Å². The first kappa shape index (κ1) is 7.97. The normalized spacial score (nSPS) is 10.9. The van der Waals surface area contributed by atoms with Gasteiger partial charge in [-0.3, -0.25) is 0 Å². The van der Waals surface area contributed by atoms with Gasteiger partial charge in [0.25, 0.3) is 5.78 Å². The topological polar surface area (TPSA) is 63.3 Å². The van der Waals surface area contributed by atoms with E-state index in [2.05, 4.69) is 15.1 Å². The molecule has 0 aromatic carbocycles. The molecule has 5 heteroatoms. The van der Waals surface area contributed by atoms with E-state index in [1.807, 2.05) is 6.92 Å². The summed E-state index contributed by atoms with van der Waals surface area (Å²) in [5.74, 6) is 1.15. The van der Waals surface area contributed by atoms with Crippen molar-refractivity contribution in [3.05, 3.63) is 17.6 Å². The molecule has 0 radical (unpaired) electrons. The molecule has 0 amide bonds. The molecule has 0 aliphatic rings. The fraction of sp³-hybridized carbons (Fsp3) is 0.375. The molecule has 0 aliphatic carbocycles. The maximum absolute atomic E-state index is 9.52. The summed E-state index contributed by atoms with van der Waals surface area (Å²) in [5, 5.41) is 13.5. The molecule has 0 saturated carbocycles. The summed E-state index contributed by atoms with van der Waals surface area (Å²) in [6.45, 7) is 3.74. The Morgan fingerprint density at radius 2 is 2.23 bits per heavy atom. The number of nitrogens with zero attached hydrogens (tertiary/aromatic N) is 4. The summed E-state index contributed by atoms with van der Waals surface area (Å²) < 4.78 is 1.33. The fourth-order valence-corrected chi connectivity index (χ4v) is 1.18. The third-order valence-corrected chi connectivity index (χ3v) is 1.81. The van der Waals surface area contributed by atoms with E-state index in [0.717, 1.165) is 12.1 Å². The lowest BCUT2D eigenvalue weighted by atomic mass is 10.3. The van der Waals surface area contributed by atoms with Crippen LogP contribution < -0.4 is 0 Å². The van der Waals surface area contributed by atoms with Crippen LogP contribution in [-0.2, 0) is 6.42 Å². The van der Waals surface area contributed by atoms with Crippen LogP contribution in [0.1, 0.15) is 18.4 Å². The maximum atomic E-state index is 9.52. The summed E-state index contributed by atoms with van der Waals surface area (Å²) >= 11 is 0. The van der Waals surface area contributed by atoms with Crippen molar-refractivity contribution in [1.29, 1.82) is 0 Å². The number of hydrogen-bond donors (Lipinski definition) is 1. The number of aromatic hydroxyl groups is 1. The molecule has 0 aliphatic heterocycles. The molecule has 1 N–H and O–H groups in total. The second-order valence-corrected chi connectivity index (χ2v) is 2.83. The molecule has 0 saturated heterocycles. The van der Waals surface area contributed by atoms with Gasteiger partial charge in [-0.1, -0.05) is 6.92 Å². The molecule has 68 valence electrons. The molecule has 2 heterocycles. The van der Waals surface area contributed by atoms with Crippen LogP contribution in [0.5, 0.6) is 5.88 Å². The highest BCUT2D eigenvalue weighted by molar-refractivity contribution is 5.33. The van der Waals surface area contributed by atoms with Gasteiger partial charge in [0.05, 0.1) is 0 Å². The van der Waals surface area contributed by atoms with Crippen LogP contribution in [0.4, 0.5) is 0 Å². The summed E-state index contributed by atoms with van der Waals surface area (Å²) in [5.41, 5.74) is 0.817. The fourth-order valence-electron chi connectivity index (χ4n) is 1.18. The number of fused-ring (bicyclic) bond motifs is 1. The minimum absolute atomic E-state index is 0.0856. The quantitative estimate of drug-likeness (QED) is 0.698. The van der Waals surface area contributed by atoms with Gasteiger partial charge < -0.3 is 5.11 Å². The van der Waals surface area contributed by atoms with Gasteiger partial charge in [0.2, 0.25) is 5.88 Å². The van der Waals surface area contributed by atoms with Crippen molar-refractivity contribution in [3.8, 4) is 5.88 Å². The van der Waals surface area contributed by atoms with Gasteiger partial charge in [-0.15, -0.1) is 5.10 Å². The van der Waals surface area contributed by atoms with E-state index in [1.54, 1.807) is 13.0 Å². The van der Waals surface area contributed by atoms with Crippen molar-refractivity contribution >= 4 is 5.78 Å². The van der Waals surface area contributed by atoms with Crippen molar-refractivity contribution < 1.29 is 5.11 Å². The second-order valence-electron chi connectivity index (χ2n) is 2.83. The van der Waals surface area contributed by atoms with Crippen LogP contribution in [0.2, 0.25) is 0 Å². The predicted octanol–water partition coefficient (Wildman–Crippen LogP) is 0.701. The summed E-state index contributed by atoms with van der Waals surface area (Å²) in [6, 6.07) is 1.60. The summed E-state index contributed by atoms with van der Waals surface area (Å²) in [6.07, 6.45) is 0.774. The van der Waals surface area contributed by atoms with Gasteiger partial charge in [-0.05, 0) is 13.3 Å². The van der Waals surface area contributed by atoms with Crippen molar-refractivity contribution in [2.45, 2.75) is 20.3 Å². The molecule has 2 aromatic rings. The lowest BCUT2D eigenvalue weighted by Gasteiger charge is -1.98. The maximum Gasteiger partial charge on any atom is 0.255 e. The van der Waals surface area contributed by atoms with Crippen molar-refractivity contribution in [1.82, 2.24) is 19.6 Å². The molecule has 0 spiro atoms. The Morgan fingerprint density at radius 1 is 1.46 bits per heavy atom. The number of hydrogen-bond acceptors (Lipinski definition) is 4. The van der Waals surface area contributed by atoms with E-state index >= 15 is 0 Å². The third kappa shape index (κ3) is 1.22. The SMILES string of the molecule is CCc1cc(O)n2nc(C)nc2n1. The zero-order chi connectivity index (χ0) is 9.42. The van der Waals surface area contributed by atoms with E-state index in [4.69, 9.17) is 0 Å². The Kier molecular flexibility index (Phi) is 1.65. The van der Waals surface area contributed by atoms with E-state index in [0.29, 0.717) is 11.6 Å². The zero-order valence-corrected chi connectivity index (χ0v) is 7.52. The Labute approximate surface area is 75.1 Å². The lowest BCUT2D eigenvalue weighted by molar-refractivity contribution is 0.433. The number of aryl methyl sites for hydroxylation is 2. The Bertz CT molecular complexity index is 449. The Hall–Kier alpha value is -1.65. The highest BCUT2D eigenvalue weighted by Crippen LogP contribution is 2.12. The molecule has 2 aromatic heterocycles. The van der Waals surface area contributed by atoms with Crippen molar-refractivity contribution in [2.75, 3.05) is 0 Å².